The molecule has 0 aliphatic carbocycles. The van der Waals surface area contributed by atoms with E-state index in [0.29, 0.717) is 35.8 Å². The van der Waals surface area contributed by atoms with Gasteiger partial charge >= 0.3 is 0 Å². The number of pyridine rings is 1. The maximum Gasteiger partial charge on any atom is 0.213 e. The van der Waals surface area contributed by atoms with Crippen LogP contribution in [0.25, 0.3) is 0 Å². The number of ketones is 1. The minimum absolute atomic E-state index is 0.0447. The van der Waals surface area contributed by atoms with E-state index in [0.717, 1.165) is 5.56 Å². The van der Waals surface area contributed by atoms with E-state index >= 15 is 0 Å². The highest BCUT2D eigenvalue weighted by Gasteiger charge is 2.08. The summed E-state index contributed by atoms with van der Waals surface area (Å²) >= 11 is 0. The molecular weight excluding hydrogens is 278 g/mol. The number of carbonyl (C=O) groups is 1. The highest BCUT2D eigenvalue weighted by Crippen LogP contribution is 2.20. The van der Waals surface area contributed by atoms with Crippen LogP contribution in [0.3, 0.4) is 0 Å². The van der Waals surface area contributed by atoms with E-state index in [1.807, 2.05) is 19.1 Å². The number of nitriles is 1. The number of carbonyl (C=O) groups excluding carboxylic acids is 1. The monoisotopic (exact) mass is 295 g/mol. The summed E-state index contributed by atoms with van der Waals surface area (Å²) in [4.78, 5) is 15.8. The first kappa shape index (κ1) is 15.5. The summed E-state index contributed by atoms with van der Waals surface area (Å²) in [7, 11) is 0. The third kappa shape index (κ3) is 3.83. The first-order valence-electron chi connectivity index (χ1n) is 7.00. The maximum atomic E-state index is 11.7. The largest absolute Gasteiger partial charge is 0.478 e. The second-order valence-corrected chi connectivity index (χ2v) is 4.72. The van der Waals surface area contributed by atoms with Gasteiger partial charge in [0, 0.05) is 30.1 Å². The van der Waals surface area contributed by atoms with Gasteiger partial charge in [-0.25, -0.2) is 4.98 Å². The zero-order chi connectivity index (χ0) is 15.9. The third-order valence-electron chi connectivity index (χ3n) is 3.10. The van der Waals surface area contributed by atoms with Crippen LogP contribution >= 0.6 is 0 Å². The fraction of sp³-hybridized carbons (Fsp3) is 0.235. The number of benzene rings is 1. The second kappa shape index (κ2) is 7.23. The van der Waals surface area contributed by atoms with Crippen molar-refractivity contribution in [3.8, 4) is 11.9 Å². The summed E-state index contributed by atoms with van der Waals surface area (Å²) in [5.41, 5.74) is 2.71. The minimum Gasteiger partial charge on any atom is -0.478 e. The fourth-order valence-electron chi connectivity index (χ4n) is 2.05. The molecule has 0 atom stereocenters. The molecule has 112 valence electrons. The van der Waals surface area contributed by atoms with Gasteiger partial charge in [-0.3, -0.25) is 4.79 Å². The van der Waals surface area contributed by atoms with Crippen molar-refractivity contribution in [1.29, 1.82) is 5.26 Å². The predicted molar refractivity (Wildman–Crippen MR) is 83.9 cm³/mol. The Morgan fingerprint density at radius 3 is 2.86 bits per heavy atom. The van der Waals surface area contributed by atoms with Crippen LogP contribution in [0.4, 0.5) is 5.69 Å². The summed E-state index contributed by atoms with van der Waals surface area (Å²) < 4.78 is 5.36. The van der Waals surface area contributed by atoms with E-state index in [2.05, 4.69) is 16.4 Å². The molecule has 0 bridgehead atoms. The van der Waals surface area contributed by atoms with Gasteiger partial charge in [0.05, 0.1) is 18.2 Å². The van der Waals surface area contributed by atoms with Gasteiger partial charge in [0.25, 0.3) is 0 Å². The molecule has 2 aromatic rings. The Hall–Kier alpha value is -2.87. The van der Waals surface area contributed by atoms with Gasteiger partial charge in [0.1, 0.15) is 0 Å². The summed E-state index contributed by atoms with van der Waals surface area (Å²) in [5, 5.41) is 12.2. The molecule has 0 aliphatic rings. The molecule has 1 heterocycles. The molecule has 0 amide bonds. The number of anilines is 1. The fourth-order valence-corrected chi connectivity index (χ4v) is 2.05. The Bertz CT molecular complexity index is 720. The van der Waals surface area contributed by atoms with Crippen LogP contribution in [-0.4, -0.2) is 17.4 Å². The molecule has 1 N–H and O–H groups in total. The summed E-state index contributed by atoms with van der Waals surface area (Å²) in [6.07, 6.45) is 1.68. The first-order chi connectivity index (χ1) is 10.6. The third-order valence-corrected chi connectivity index (χ3v) is 3.10. The maximum absolute atomic E-state index is 11.7. The standard InChI is InChI=1S/C17H17N3O2/c1-3-22-17-9-14(6-7-19-17)11-20-16-8-13(10-18)4-5-15(16)12(2)21/h4-9,20H,3,11H2,1-2H3. The highest BCUT2D eigenvalue weighted by atomic mass is 16.5. The van der Waals surface area contributed by atoms with Crippen molar-refractivity contribution in [2.24, 2.45) is 0 Å². The van der Waals surface area contributed by atoms with E-state index in [1.54, 1.807) is 24.4 Å². The smallest absolute Gasteiger partial charge is 0.213 e. The van der Waals surface area contributed by atoms with Crippen LogP contribution in [0, 0.1) is 11.3 Å². The topological polar surface area (TPSA) is 75.0 Å². The summed E-state index contributed by atoms with van der Waals surface area (Å²) in [6.45, 7) is 4.48. The molecule has 5 nitrogen and oxygen atoms in total. The van der Waals surface area contributed by atoms with E-state index < -0.39 is 0 Å². The average molecular weight is 295 g/mol. The van der Waals surface area contributed by atoms with Crippen molar-refractivity contribution < 1.29 is 9.53 Å². The van der Waals surface area contributed by atoms with Gasteiger partial charge in [0.2, 0.25) is 5.88 Å². The van der Waals surface area contributed by atoms with E-state index in [-0.39, 0.29) is 5.78 Å². The van der Waals surface area contributed by atoms with Crippen LogP contribution in [0.2, 0.25) is 0 Å². The average Bonchev–Trinajstić information content (AvgIpc) is 2.53. The van der Waals surface area contributed by atoms with E-state index in [9.17, 15) is 4.79 Å². The number of hydrogen-bond donors (Lipinski definition) is 1. The Labute approximate surface area is 129 Å². The molecule has 1 aromatic heterocycles. The van der Waals surface area contributed by atoms with Crippen molar-refractivity contribution in [1.82, 2.24) is 4.98 Å². The molecule has 0 spiro atoms. The Balaban J connectivity index is 2.18. The molecule has 0 saturated heterocycles. The normalized spacial score (nSPS) is 9.86. The van der Waals surface area contributed by atoms with Crippen LogP contribution in [0.1, 0.15) is 35.3 Å². The van der Waals surface area contributed by atoms with Crippen LogP contribution in [-0.2, 0) is 6.54 Å². The summed E-state index contributed by atoms with van der Waals surface area (Å²) in [6, 6.07) is 10.8. The Kier molecular flexibility index (Phi) is 5.10. The molecule has 0 unspecified atom stereocenters. The lowest BCUT2D eigenvalue weighted by Crippen LogP contribution is -2.06. The number of nitrogens with one attached hydrogen (secondary N) is 1. The van der Waals surface area contributed by atoms with E-state index in [4.69, 9.17) is 10.00 Å². The van der Waals surface area contributed by atoms with Crippen molar-refractivity contribution in [3.05, 3.63) is 53.2 Å². The van der Waals surface area contributed by atoms with Gasteiger partial charge in [-0.1, -0.05) is 0 Å². The minimum atomic E-state index is -0.0447. The van der Waals surface area contributed by atoms with Crippen molar-refractivity contribution in [3.63, 3.8) is 0 Å². The van der Waals surface area contributed by atoms with Crippen molar-refractivity contribution in [2.75, 3.05) is 11.9 Å². The molecular formula is C17H17N3O2. The lowest BCUT2D eigenvalue weighted by atomic mass is 10.1. The number of hydrogen-bond acceptors (Lipinski definition) is 5. The SMILES string of the molecule is CCOc1cc(CNc2cc(C#N)ccc2C(C)=O)ccn1. The number of rotatable bonds is 6. The molecule has 0 fully saturated rings. The van der Waals surface area contributed by atoms with Crippen molar-refractivity contribution in [2.45, 2.75) is 20.4 Å². The molecule has 2 rings (SSSR count). The number of aromatic nitrogens is 1. The lowest BCUT2D eigenvalue weighted by molar-refractivity contribution is 0.101. The summed E-state index contributed by atoms with van der Waals surface area (Å²) in [5.74, 6) is 0.524. The zero-order valence-electron chi connectivity index (χ0n) is 12.6. The van der Waals surface area contributed by atoms with Gasteiger partial charge in [-0.15, -0.1) is 0 Å². The Morgan fingerprint density at radius 2 is 2.18 bits per heavy atom. The quantitative estimate of drug-likeness (QED) is 0.828. The molecule has 0 radical (unpaired) electrons. The van der Waals surface area contributed by atoms with Crippen LogP contribution in [0.15, 0.2) is 36.5 Å². The predicted octanol–water partition coefficient (Wildman–Crippen LogP) is 3.17. The highest BCUT2D eigenvalue weighted by molar-refractivity contribution is 5.99. The number of nitrogens with zero attached hydrogens (tertiary/aromatic N) is 2. The zero-order valence-corrected chi connectivity index (χ0v) is 12.6. The van der Waals surface area contributed by atoms with Crippen LogP contribution in [0.5, 0.6) is 5.88 Å². The Morgan fingerprint density at radius 1 is 1.36 bits per heavy atom. The van der Waals surface area contributed by atoms with Gasteiger partial charge in [0.15, 0.2) is 5.78 Å². The van der Waals surface area contributed by atoms with Crippen LogP contribution < -0.4 is 10.1 Å². The molecule has 1 aromatic carbocycles. The van der Waals surface area contributed by atoms with Gasteiger partial charge < -0.3 is 10.1 Å². The molecule has 22 heavy (non-hydrogen) atoms. The van der Waals surface area contributed by atoms with E-state index in [1.165, 1.54) is 6.92 Å². The number of Topliss-reactive ketones (excluding diaryl/α,β-unsaturated/α-hetero) is 1. The number of ether oxygens (including phenoxy) is 1. The molecule has 0 aliphatic heterocycles. The molecule has 0 saturated carbocycles. The van der Waals surface area contributed by atoms with Gasteiger partial charge in [-0.2, -0.15) is 5.26 Å². The van der Waals surface area contributed by atoms with Crippen molar-refractivity contribution >= 4 is 11.5 Å². The lowest BCUT2D eigenvalue weighted by Gasteiger charge is -2.11. The van der Waals surface area contributed by atoms with Gasteiger partial charge in [-0.05, 0) is 43.7 Å². The second-order valence-electron chi connectivity index (χ2n) is 4.72. The molecule has 5 heteroatoms. The first-order valence-corrected chi connectivity index (χ1v) is 7.00.